The molecule has 4 heterocycles. The minimum Gasteiger partial charge on any atom is -0.455 e. The molecule has 0 saturated heterocycles. The number of furan rings is 1. The minimum atomic E-state index is -1.42. The van der Waals surface area contributed by atoms with Gasteiger partial charge in [0.05, 0.1) is 22.3 Å². The molecule has 1 unspecified atom stereocenters. The molecule has 1 aliphatic carbocycles. The van der Waals surface area contributed by atoms with Crippen molar-refractivity contribution in [2.24, 2.45) is 5.92 Å². The molecule has 0 N–H and O–H groups in total. The van der Waals surface area contributed by atoms with E-state index in [1.807, 2.05) is 49.4 Å². The van der Waals surface area contributed by atoms with Crippen LogP contribution < -0.4 is 0 Å². The molecule has 1 fully saturated rings. The number of nitrogens with zero attached hydrogens (tertiary/aromatic N) is 3. The molecule has 0 spiro atoms. The molecule has 1 saturated carbocycles. The quantitative estimate of drug-likeness (QED) is 0.289. The third kappa shape index (κ3) is 3.70. The first-order valence-corrected chi connectivity index (χ1v) is 11.6. The Balaban J connectivity index is 1.56. The monoisotopic (exact) mass is 436 g/mol. The molecule has 0 amide bonds. The van der Waals surface area contributed by atoms with Gasteiger partial charge in [-0.25, -0.2) is 0 Å². The highest BCUT2D eigenvalue weighted by atomic mass is 16.3. The zero-order valence-corrected chi connectivity index (χ0v) is 18.6. The van der Waals surface area contributed by atoms with Crippen molar-refractivity contribution in [2.75, 3.05) is 0 Å². The fraction of sp³-hybridized carbons (Fsp3) is 0.276. The van der Waals surface area contributed by atoms with Gasteiger partial charge in [-0.2, -0.15) is 0 Å². The number of para-hydroxylation sites is 1. The average molecular weight is 437 g/mol. The first-order valence-electron chi connectivity index (χ1n) is 13.1. The Morgan fingerprint density at radius 3 is 2.73 bits per heavy atom. The van der Waals surface area contributed by atoms with Crippen LogP contribution in [0.15, 0.2) is 77.7 Å². The van der Waals surface area contributed by atoms with Crippen LogP contribution in [0, 0.1) is 5.92 Å². The first kappa shape index (κ1) is 17.0. The molecule has 1 atom stereocenters. The summed E-state index contributed by atoms with van der Waals surface area (Å²) in [5.41, 5.74) is 4.65. The highest BCUT2D eigenvalue weighted by molar-refractivity contribution is 6.10. The third-order valence-corrected chi connectivity index (χ3v) is 6.63. The second-order valence-corrected chi connectivity index (χ2v) is 8.74. The molecular formula is C29H27N3O. The predicted octanol–water partition coefficient (Wildman–Crippen LogP) is 7.32. The summed E-state index contributed by atoms with van der Waals surface area (Å²) in [4.78, 5) is 13.5. The molecule has 1 aromatic carbocycles. The lowest BCUT2D eigenvalue weighted by atomic mass is 9.93. The smallest absolute Gasteiger partial charge is 0.148 e. The zero-order valence-electron chi connectivity index (χ0n) is 21.6. The molecule has 0 aliphatic heterocycles. The van der Waals surface area contributed by atoms with Crippen molar-refractivity contribution in [1.82, 2.24) is 15.0 Å². The molecular weight excluding hydrogens is 406 g/mol. The van der Waals surface area contributed by atoms with Gasteiger partial charge in [-0.15, -0.1) is 0 Å². The number of rotatable bonds is 5. The van der Waals surface area contributed by atoms with Crippen molar-refractivity contribution >= 4 is 21.9 Å². The molecule has 5 aromatic rings. The number of fused-ring (bicyclic) bond motifs is 3. The van der Waals surface area contributed by atoms with Crippen LogP contribution >= 0.6 is 0 Å². The van der Waals surface area contributed by atoms with Crippen molar-refractivity contribution in [3.63, 3.8) is 0 Å². The predicted molar refractivity (Wildman–Crippen MR) is 132 cm³/mol. The Bertz CT molecular complexity index is 1560. The molecule has 33 heavy (non-hydrogen) atoms. The van der Waals surface area contributed by atoms with E-state index in [2.05, 4.69) is 9.97 Å². The van der Waals surface area contributed by atoms with Gasteiger partial charge < -0.3 is 4.42 Å². The van der Waals surface area contributed by atoms with Crippen LogP contribution in [0.25, 0.3) is 33.2 Å². The lowest BCUT2D eigenvalue weighted by Gasteiger charge is -2.14. The van der Waals surface area contributed by atoms with Gasteiger partial charge in [0.2, 0.25) is 0 Å². The molecule has 4 aromatic heterocycles. The molecule has 1 aliphatic rings. The van der Waals surface area contributed by atoms with E-state index in [1.54, 1.807) is 30.9 Å². The van der Waals surface area contributed by atoms with Crippen LogP contribution in [0.3, 0.4) is 0 Å². The fourth-order valence-electron chi connectivity index (χ4n) is 4.90. The Labute approximate surface area is 197 Å². The number of pyridine rings is 3. The summed E-state index contributed by atoms with van der Waals surface area (Å²) in [5.74, 6) is -1.12. The molecule has 164 valence electrons. The van der Waals surface area contributed by atoms with Gasteiger partial charge in [0, 0.05) is 40.2 Å². The Kier molecular flexibility index (Phi) is 4.35. The fourth-order valence-corrected chi connectivity index (χ4v) is 4.90. The standard InChI is InChI=1S/C29H27N3O/c1-19(22-11-13-30-14-12-22)28-27-23-8-4-5-9-26(23)33-29(27)24(18-32-28)25-17-21(10-15-31-25)16-20-6-2-3-7-20/h4-5,8-15,17-20H,2-3,6-7,16H2,1H3/i16D2,19D. The van der Waals surface area contributed by atoms with E-state index in [0.29, 0.717) is 33.7 Å². The third-order valence-electron chi connectivity index (χ3n) is 6.63. The molecule has 6 rings (SSSR count). The highest BCUT2D eigenvalue weighted by Crippen LogP contribution is 2.40. The van der Waals surface area contributed by atoms with Gasteiger partial charge in [-0.3, -0.25) is 15.0 Å². The van der Waals surface area contributed by atoms with Gasteiger partial charge in [0.1, 0.15) is 11.2 Å². The second-order valence-electron chi connectivity index (χ2n) is 8.74. The van der Waals surface area contributed by atoms with Crippen LogP contribution in [0.5, 0.6) is 0 Å². The number of hydrogen-bond acceptors (Lipinski definition) is 4. The lowest BCUT2D eigenvalue weighted by Crippen LogP contribution is -2.02. The van der Waals surface area contributed by atoms with Crippen molar-refractivity contribution in [3.8, 4) is 11.3 Å². The summed E-state index contributed by atoms with van der Waals surface area (Å²) in [6, 6.07) is 15.1. The normalized spacial score (nSPS) is 18.2. The van der Waals surface area contributed by atoms with Crippen molar-refractivity contribution < 1.29 is 8.53 Å². The van der Waals surface area contributed by atoms with Gasteiger partial charge in [0.25, 0.3) is 0 Å². The van der Waals surface area contributed by atoms with Crippen molar-refractivity contribution in [1.29, 1.82) is 0 Å². The van der Waals surface area contributed by atoms with Crippen LogP contribution in [0.2, 0.25) is 0 Å². The van der Waals surface area contributed by atoms with Gasteiger partial charge in [0.15, 0.2) is 0 Å². The van der Waals surface area contributed by atoms with Gasteiger partial charge >= 0.3 is 0 Å². The Morgan fingerprint density at radius 2 is 1.88 bits per heavy atom. The molecule has 4 nitrogen and oxygen atoms in total. The number of benzene rings is 1. The topological polar surface area (TPSA) is 51.8 Å². The summed E-state index contributed by atoms with van der Waals surface area (Å²) in [6.45, 7) is 1.83. The first-order chi connectivity index (χ1) is 17.4. The van der Waals surface area contributed by atoms with E-state index >= 15 is 0 Å². The maximum absolute atomic E-state index is 9.29. The zero-order chi connectivity index (χ0) is 24.9. The van der Waals surface area contributed by atoms with E-state index in [4.69, 9.17) is 12.1 Å². The highest BCUT2D eigenvalue weighted by Gasteiger charge is 2.22. The number of aromatic nitrogens is 3. The van der Waals surface area contributed by atoms with Crippen LogP contribution in [0.4, 0.5) is 0 Å². The summed E-state index contributed by atoms with van der Waals surface area (Å²) >= 11 is 0. The van der Waals surface area contributed by atoms with E-state index in [-0.39, 0.29) is 5.92 Å². The maximum Gasteiger partial charge on any atom is 0.148 e. The Hall–Kier alpha value is -3.53. The van der Waals surface area contributed by atoms with Crippen LogP contribution in [-0.4, -0.2) is 15.0 Å². The van der Waals surface area contributed by atoms with Crippen molar-refractivity contribution in [3.05, 3.63) is 90.1 Å². The van der Waals surface area contributed by atoms with Gasteiger partial charge in [-0.1, -0.05) is 50.8 Å². The van der Waals surface area contributed by atoms with Crippen LogP contribution in [0.1, 0.15) is 59.4 Å². The number of hydrogen-bond donors (Lipinski definition) is 0. The molecule has 4 heteroatoms. The molecule has 0 bridgehead atoms. The lowest BCUT2D eigenvalue weighted by molar-refractivity contribution is 0.546. The van der Waals surface area contributed by atoms with Crippen molar-refractivity contribution in [2.45, 2.75) is 44.9 Å². The minimum absolute atomic E-state index is 0.0175. The van der Waals surface area contributed by atoms with E-state index in [9.17, 15) is 1.37 Å². The van der Waals surface area contributed by atoms with E-state index in [1.165, 1.54) is 0 Å². The maximum atomic E-state index is 9.29. The largest absolute Gasteiger partial charge is 0.455 e. The summed E-state index contributed by atoms with van der Waals surface area (Å²) in [7, 11) is 0. The summed E-state index contributed by atoms with van der Waals surface area (Å²) in [6.07, 6.45) is 9.32. The van der Waals surface area contributed by atoms with E-state index < -0.39 is 12.3 Å². The SMILES string of the molecule is [2H]C(C)(c1ccncc1)c1ncc(-c2cc(C([2H])([2H])C3CCCC3)ccn2)c2oc3ccccc3c12. The average Bonchev–Trinajstić information content (AvgIpc) is 3.58. The van der Waals surface area contributed by atoms with Gasteiger partial charge in [-0.05, 0) is 53.7 Å². The van der Waals surface area contributed by atoms with E-state index in [0.717, 1.165) is 42.0 Å². The molecule has 0 radical (unpaired) electrons. The summed E-state index contributed by atoms with van der Waals surface area (Å²) < 4.78 is 33.4. The Morgan fingerprint density at radius 1 is 1.06 bits per heavy atom. The summed E-state index contributed by atoms with van der Waals surface area (Å²) in [5, 5.41) is 1.67. The second kappa shape index (κ2) is 8.43. The van der Waals surface area contributed by atoms with Crippen LogP contribution in [-0.2, 0) is 6.37 Å².